The highest BCUT2D eigenvalue weighted by Crippen LogP contribution is 2.17. The van der Waals surface area contributed by atoms with Crippen LogP contribution in [-0.2, 0) is 13.2 Å². The van der Waals surface area contributed by atoms with Gasteiger partial charge in [-0.3, -0.25) is 0 Å². The monoisotopic (exact) mass is 273 g/mol. The van der Waals surface area contributed by atoms with Gasteiger partial charge in [0, 0.05) is 6.54 Å². The number of hydrogen-bond donors (Lipinski definition) is 1. The van der Waals surface area contributed by atoms with Crippen molar-refractivity contribution in [2.45, 2.75) is 26.5 Å². The van der Waals surface area contributed by atoms with Crippen LogP contribution in [0.1, 0.15) is 24.5 Å². The van der Waals surface area contributed by atoms with Gasteiger partial charge in [-0.2, -0.15) is 0 Å². The molecule has 2 rings (SSSR count). The molecule has 20 heavy (non-hydrogen) atoms. The number of ether oxygens (including phenoxy) is 1. The van der Waals surface area contributed by atoms with Crippen molar-refractivity contribution in [2.24, 2.45) is 0 Å². The van der Waals surface area contributed by atoms with Gasteiger partial charge in [0.1, 0.15) is 6.61 Å². The normalized spacial score (nSPS) is 10.5. The van der Waals surface area contributed by atoms with Crippen molar-refractivity contribution in [1.29, 1.82) is 0 Å². The molecule has 0 unspecified atom stereocenters. The minimum Gasteiger partial charge on any atom is -0.486 e. The first-order chi connectivity index (χ1) is 9.79. The van der Waals surface area contributed by atoms with Crippen molar-refractivity contribution < 1.29 is 9.13 Å². The predicted octanol–water partition coefficient (Wildman–Crippen LogP) is 3.90. The van der Waals surface area contributed by atoms with Gasteiger partial charge in [0.25, 0.3) is 0 Å². The van der Waals surface area contributed by atoms with Gasteiger partial charge in [0.2, 0.25) is 0 Å². The summed E-state index contributed by atoms with van der Waals surface area (Å²) in [6, 6.07) is 14.6. The summed E-state index contributed by atoms with van der Waals surface area (Å²) >= 11 is 0. The lowest BCUT2D eigenvalue weighted by Crippen LogP contribution is -2.13. The SMILES string of the molecule is CCCNCc1ccc(COc2ccccc2F)cc1. The van der Waals surface area contributed by atoms with E-state index in [1.807, 2.05) is 12.1 Å². The Morgan fingerprint density at radius 2 is 1.70 bits per heavy atom. The molecule has 0 aliphatic carbocycles. The van der Waals surface area contributed by atoms with Crippen LogP contribution in [0.3, 0.4) is 0 Å². The van der Waals surface area contributed by atoms with E-state index in [2.05, 4.69) is 24.4 Å². The lowest BCUT2D eigenvalue weighted by atomic mass is 10.1. The summed E-state index contributed by atoms with van der Waals surface area (Å²) in [5.41, 5.74) is 2.28. The summed E-state index contributed by atoms with van der Waals surface area (Å²) in [6.45, 7) is 4.43. The molecule has 0 aromatic heterocycles. The van der Waals surface area contributed by atoms with Gasteiger partial charge in [-0.1, -0.05) is 43.3 Å². The molecule has 0 saturated heterocycles. The van der Waals surface area contributed by atoms with E-state index < -0.39 is 0 Å². The molecule has 0 atom stereocenters. The van der Waals surface area contributed by atoms with Crippen molar-refractivity contribution >= 4 is 0 Å². The molecule has 0 amide bonds. The second kappa shape index (κ2) is 7.65. The standard InChI is InChI=1S/C17H20FNO/c1-2-11-19-12-14-7-9-15(10-8-14)13-20-17-6-4-3-5-16(17)18/h3-10,19H,2,11-13H2,1H3. The molecule has 2 aromatic rings. The van der Waals surface area contributed by atoms with Gasteiger partial charge in [-0.15, -0.1) is 0 Å². The van der Waals surface area contributed by atoms with E-state index in [1.165, 1.54) is 11.6 Å². The molecule has 0 bridgehead atoms. The van der Waals surface area contributed by atoms with E-state index in [0.717, 1.165) is 25.1 Å². The number of hydrogen-bond acceptors (Lipinski definition) is 2. The molecule has 0 aliphatic heterocycles. The Balaban J connectivity index is 1.86. The maximum Gasteiger partial charge on any atom is 0.165 e. The number of rotatable bonds is 7. The quantitative estimate of drug-likeness (QED) is 0.772. The summed E-state index contributed by atoms with van der Waals surface area (Å²) < 4.78 is 18.9. The lowest BCUT2D eigenvalue weighted by Gasteiger charge is -2.08. The first-order valence-corrected chi connectivity index (χ1v) is 6.95. The Kier molecular flexibility index (Phi) is 5.56. The number of halogens is 1. The Labute approximate surface area is 119 Å². The van der Waals surface area contributed by atoms with Gasteiger partial charge in [0.05, 0.1) is 0 Å². The predicted molar refractivity (Wildman–Crippen MR) is 79.2 cm³/mol. The van der Waals surface area contributed by atoms with Gasteiger partial charge < -0.3 is 10.1 Å². The molecule has 0 spiro atoms. The number of para-hydroxylation sites is 1. The Morgan fingerprint density at radius 3 is 2.40 bits per heavy atom. The highest BCUT2D eigenvalue weighted by Gasteiger charge is 2.02. The molecule has 0 aliphatic rings. The van der Waals surface area contributed by atoms with Crippen molar-refractivity contribution in [2.75, 3.05) is 6.54 Å². The smallest absolute Gasteiger partial charge is 0.165 e. The van der Waals surface area contributed by atoms with E-state index in [9.17, 15) is 4.39 Å². The first-order valence-electron chi connectivity index (χ1n) is 6.95. The molecule has 0 saturated carbocycles. The van der Waals surface area contributed by atoms with E-state index in [4.69, 9.17) is 4.74 Å². The maximum absolute atomic E-state index is 13.4. The van der Waals surface area contributed by atoms with Crippen LogP contribution in [0.25, 0.3) is 0 Å². The van der Waals surface area contributed by atoms with Gasteiger partial charge in [-0.05, 0) is 36.2 Å². The number of nitrogens with one attached hydrogen (secondary N) is 1. The summed E-state index contributed by atoms with van der Waals surface area (Å²) in [7, 11) is 0. The molecule has 0 fully saturated rings. The van der Waals surface area contributed by atoms with Crippen molar-refractivity contribution in [3.8, 4) is 5.75 Å². The largest absolute Gasteiger partial charge is 0.486 e. The summed E-state index contributed by atoms with van der Waals surface area (Å²) in [5, 5.41) is 3.36. The van der Waals surface area contributed by atoms with E-state index in [1.54, 1.807) is 18.2 Å². The first kappa shape index (κ1) is 14.5. The lowest BCUT2D eigenvalue weighted by molar-refractivity contribution is 0.290. The molecule has 2 aromatic carbocycles. The zero-order valence-electron chi connectivity index (χ0n) is 11.7. The Hall–Kier alpha value is -1.87. The number of benzene rings is 2. The summed E-state index contributed by atoms with van der Waals surface area (Å²) in [6.07, 6.45) is 1.13. The van der Waals surface area contributed by atoms with Gasteiger partial charge >= 0.3 is 0 Å². The van der Waals surface area contributed by atoms with E-state index in [-0.39, 0.29) is 5.82 Å². The fourth-order valence-corrected chi connectivity index (χ4v) is 1.89. The topological polar surface area (TPSA) is 21.3 Å². The zero-order valence-corrected chi connectivity index (χ0v) is 11.7. The van der Waals surface area contributed by atoms with Crippen LogP contribution in [0.2, 0.25) is 0 Å². The second-order valence-corrected chi connectivity index (χ2v) is 4.71. The van der Waals surface area contributed by atoms with Crippen molar-refractivity contribution in [3.63, 3.8) is 0 Å². The molecule has 0 radical (unpaired) electrons. The summed E-state index contributed by atoms with van der Waals surface area (Å²) in [5.74, 6) is -0.0333. The maximum atomic E-state index is 13.4. The van der Waals surface area contributed by atoms with Crippen LogP contribution in [0.15, 0.2) is 48.5 Å². The van der Waals surface area contributed by atoms with Crippen LogP contribution in [-0.4, -0.2) is 6.54 Å². The molecule has 3 heteroatoms. The average Bonchev–Trinajstić information content (AvgIpc) is 2.48. The third kappa shape index (κ3) is 4.35. The minimum absolute atomic E-state index is 0.293. The third-order valence-electron chi connectivity index (χ3n) is 3.01. The van der Waals surface area contributed by atoms with Crippen LogP contribution >= 0.6 is 0 Å². The Morgan fingerprint density at radius 1 is 1.00 bits per heavy atom. The zero-order chi connectivity index (χ0) is 14.2. The highest BCUT2D eigenvalue weighted by molar-refractivity contribution is 5.26. The molecule has 106 valence electrons. The van der Waals surface area contributed by atoms with Crippen LogP contribution < -0.4 is 10.1 Å². The fraction of sp³-hybridized carbons (Fsp3) is 0.294. The van der Waals surface area contributed by atoms with Crippen molar-refractivity contribution in [3.05, 3.63) is 65.5 Å². The molecule has 1 N–H and O–H groups in total. The van der Waals surface area contributed by atoms with Gasteiger partial charge in [-0.25, -0.2) is 4.39 Å². The summed E-state index contributed by atoms with van der Waals surface area (Å²) in [4.78, 5) is 0. The molecular weight excluding hydrogens is 253 g/mol. The highest BCUT2D eigenvalue weighted by atomic mass is 19.1. The van der Waals surface area contributed by atoms with E-state index in [0.29, 0.717) is 12.4 Å². The second-order valence-electron chi connectivity index (χ2n) is 4.71. The van der Waals surface area contributed by atoms with E-state index >= 15 is 0 Å². The van der Waals surface area contributed by atoms with Crippen LogP contribution in [0.5, 0.6) is 5.75 Å². The molecule has 2 nitrogen and oxygen atoms in total. The Bertz CT molecular complexity index is 525. The fourth-order valence-electron chi connectivity index (χ4n) is 1.89. The van der Waals surface area contributed by atoms with Gasteiger partial charge in [0.15, 0.2) is 11.6 Å². The molecular formula is C17H20FNO. The van der Waals surface area contributed by atoms with Crippen LogP contribution in [0, 0.1) is 5.82 Å². The van der Waals surface area contributed by atoms with Crippen LogP contribution in [0.4, 0.5) is 4.39 Å². The average molecular weight is 273 g/mol. The van der Waals surface area contributed by atoms with Crippen molar-refractivity contribution in [1.82, 2.24) is 5.32 Å². The third-order valence-corrected chi connectivity index (χ3v) is 3.01. The molecule has 0 heterocycles. The minimum atomic E-state index is -0.326.